The zero-order valence-corrected chi connectivity index (χ0v) is 21.8. The number of thioether (sulfide) groups is 1. The number of carbonyl (C=O) groups excluding carboxylic acids is 4. The molecule has 1 fully saturated rings. The number of nitrogens with zero attached hydrogens (tertiary/aromatic N) is 1. The van der Waals surface area contributed by atoms with Crippen LogP contribution in [-0.4, -0.2) is 62.3 Å². The second kappa shape index (κ2) is 11.7. The fraction of sp³-hybridized carbons (Fsp3) is 0.407. The summed E-state index contributed by atoms with van der Waals surface area (Å²) in [4.78, 5) is 51.9. The highest BCUT2D eigenvalue weighted by atomic mass is 32.2. The Bertz CT molecular complexity index is 1120. The van der Waals surface area contributed by atoms with E-state index in [1.165, 1.54) is 16.7 Å². The lowest BCUT2D eigenvalue weighted by molar-refractivity contribution is -0.148. The molecule has 1 aliphatic rings. The van der Waals surface area contributed by atoms with Gasteiger partial charge in [0.15, 0.2) is 6.10 Å². The smallest absolute Gasteiger partial charge is 0.287 e. The lowest BCUT2D eigenvalue weighted by atomic mass is 9.97. The predicted octanol–water partition coefficient (Wildman–Crippen LogP) is 1.97. The van der Waals surface area contributed by atoms with Crippen LogP contribution in [0, 0.1) is 6.92 Å². The second-order valence-corrected chi connectivity index (χ2v) is 11.1. The highest BCUT2D eigenvalue weighted by Crippen LogP contribution is 2.40. The number of Topliss-reactive ketones (excluding diaryl/α,β-unsaturated/α-hetero) is 1. The van der Waals surface area contributed by atoms with Crippen LogP contribution in [-0.2, 0) is 32.1 Å². The van der Waals surface area contributed by atoms with E-state index in [2.05, 4.69) is 10.6 Å². The Labute approximate surface area is 215 Å². The summed E-state index contributed by atoms with van der Waals surface area (Å²) < 4.78 is -0.594. The number of carbonyl (C=O) groups is 4. The molecule has 3 N–H and O–H groups in total. The summed E-state index contributed by atoms with van der Waals surface area (Å²) in [5.74, 6) is -2.38. The molecule has 192 valence electrons. The van der Waals surface area contributed by atoms with Crippen LogP contribution in [0.4, 0.5) is 0 Å². The van der Waals surface area contributed by atoms with Crippen LogP contribution in [0.25, 0.3) is 0 Å². The molecule has 9 heteroatoms. The average Bonchev–Trinajstić information content (AvgIpc) is 3.17. The Morgan fingerprint density at radius 3 is 2.36 bits per heavy atom. The summed E-state index contributed by atoms with van der Waals surface area (Å²) >= 11 is 1.44. The van der Waals surface area contributed by atoms with Crippen LogP contribution in [0.2, 0.25) is 0 Å². The molecular weight excluding hydrogens is 478 g/mol. The standard InChI is InChI=1S/C27H33N3O5S/c1-17-10-8-9-13-20(17)15-28-25(34)23-27(3,4)36-16-30(23)26(35)22(32)21(29-24(33)18(2)31)14-19-11-6-5-7-12-19/h5-13,21-23,32H,14-16H2,1-4H3,(H,28,34)(H,29,33). The molecule has 3 atom stereocenters. The molecule has 1 saturated heterocycles. The molecule has 36 heavy (non-hydrogen) atoms. The number of ketones is 1. The van der Waals surface area contributed by atoms with E-state index >= 15 is 0 Å². The lowest BCUT2D eigenvalue weighted by Gasteiger charge is -2.33. The number of hydrogen-bond donors (Lipinski definition) is 3. The number of rotatable bonds is 9. The van der Waals surface area contributed by atoms with Crippen molar-refractivity contribution < 1.29 is 24.3 Å². The first kappa shape index (κ1) is 27.4. The molecule has 2 aromatic carbocycles. The Balaban J connectivity index is 1.79. The number of nitrogens with one attached hydrogen (secondary N) is 2. The van der Waals surface area contributed by atoms with Gasteiger partial charge in [-0.05, 0) is 43.9 Å². The molecule has 3 amide bonds. The molecule has 3 unspecified atom stereocenters. The summed E-state index contributed by atoms with van der Waals surface area (Å²) in [7, 11) is 0. The topological polar surface area (TPSA) is 116 Å². The van der Waals surface area contributed by atoms with Crippen LogP contribution in [0.3, 0.4) is 0 Å². The second-order valence-electron chi connectivity index (χ2n) is 9.50. The highest BCUT2D eigenvalue weighted by Gasteiger charge is 2.49. The maximum atomic E-state index is 13.5. The van der Waals surface area contributed by atoms with E-state index in [-0.39, 0.29) is 18.2 Å². The zero-order valence-electron chi connectivity index (χ0n) is 21.0. The van der Waals surface area contributed by atoms with Crippen molar-refractivity contribution >= 4 is 35.3 Å². The van der Waals surface area contributed by atoms with Crippen LogP contribution < -0.4 is 10.6 Å². The summed E-state index contributed by atoms with van der Waals surface area (Å²) in [6.45, 7) is 7.17. The van der Waals surface area contributed by atoms with Crippen molar-refractivity contribution in [1.29, 1.82) is 0 Å². The minimum Gasteiger partial charge on any atom is -0.381 e. The summed E-state index contributed by atoms with van der Waals surface area (Å²) in [5.41, 5.74) is 2.80. The van der Waals surface area contributed by atoms with Crippen molar-refractivity contribution in [3.05, 3.63) is 71.3 Å². The van der Waals surface area contributed by atoms with Gasteiger partial charge in [0.25, 0.3) is 11.8 Å². The normalized spacial score (nSPS) is 18.2. The minimum absolute atomic E-state index is 0.140. The minimum atomic E-state index is -1.64. The fourth-order valence-electron chi connectivity index (χ4n) is 4.22. The molecule has 0 aliphatic carbocycles. The fourth-order valence-corrected chi connectivity index (χ4v) is 5.36. The Kier molecular flexibility index (Phi) is 8.92. The van der Waals surface area contributed by atoms with Gasteiger partial charge in [-0.15, -0.1) is 11.8 Å². The molecule has 2 aromatic rings. The molecule has 8 nitrogen and oxygen atoms in total. The third-order valence-corrected chi connectivity index (χ3v) is 7.73. The highest BCUT2D eigenvalue weighted by molar-refractivity contribution is 8.00. The maximum absolute atomic E-state index is 13.5. The SMILES string of the molecule is CC(=O)C(=O)NC(Cc1ccccc1)C(O)C(=O)N1CSC(C)(C)C1C(=O)NCc1ccccc1C. The number of benzene rings is 2. The monoisotopic (exact) mass is 511 g/mol. The number of amides is 3. The maximum Gasteiger partial charge on any atom is 0.287 e. The largest absolute Gasteiger partial charge is 0.381 e. The van der Waals surface area contributed by atoms with Gasteiger partial charge >= 0.3 is 0 Å². The van der Waals surface area contributed by atoms with E-state index in [1.807, 2.05) is 63.2 Å². The molecule has 0 saturated carbocycles. The van der Waals surface area contributed by atoms with Crippen LogP contribution >= 0.6 is 11.8 Å². The van der Waals surface area contributed by atoms with Gasteiger partial charge in [-0.2, -0.15) is 0 Å². The number of hydrogen-bond acceptors (Lipinski definition) is 6. The van der Waals surface area contributed by atoms with Gasteiger partial charge in [-0.3, -0.25) is 19.2 Å². The molecule has 0 spiro atoms. The number of aliphatic hydroxyl groups excluding tert-OH is 1. The van der Waals surface area contributed by atoms with Crippen molar-refractivity contribution in [3.8, 4) is 0 Å². The molecule has 0 bridgehead atoms. The Morgan fingerprint density at radius 1 is 1.08 bits per heavy atom. The first-order valence-electron chi connectivity index (χ1n) is 11.8. The van der Waals surface area contributed by atoms with Gasteiger partial charge in [-0.1, -0.05) is 54.6 Å². The first-order chi connectivity index (χ1) is 17.0. The Hall–Kier alpha value is -3.17. The van der Waals surface area contributed by atoms with Crippen molar-refractivity contribution in [3.63, 3.8) is 0 Å². The third kappa shape index (κ3) is 6.53. The summed E-state index contributed by atoms with van der Waals surface area (Å²) in [5, 5.41) is 16.5. The summed E-state index contributed by atoms with van der Waals surface area (Å²) in [6, 6.07) is 14.9. The Morgan fingerprint density at radius 2 is 1.72 bits per heavy atom. The average molecular weight is 512 g/mol. The van der Waals surface area contributed by atoms with E-state index < -0.39 is 40.5 Å². The van der Waals surface area contributed by atoms with Gasteiger partial charge < -0.3 is 20.6 Å². The van der Waals surface area contributed by atoms with Gasteiger partial charge in [0.05, 0.1) is 11.9 Å². The lowest BCUT2D eigenvalue weighted by Crippen LogP contribution is -2.59. The van der Waals surface area contributed by atoms with Crippen molar-refractivity contribution in [2.24, 2.45) is 0 Å². The first-order valence-corrected chi connectivity index (χ1v) is 12.8. The van der Waals surface area contributed by atoms with E-state index in [0.29, 0.717) is 6.54 Å². The van der Waals surface area contributed by atoms with Crippen LogP contribution in [0.15, 0.2) is 54.6 Å². The van der Waals surface area contributed by atoms with Crippen molar-refractivity contribution in [2.75, 3.05) is 5.88 Å². The van der Waals surface area contributed by atoms with E-state index in [1.54, 1.807) is 12.1 Å². The van der Waals surface area contributed by atoms with Gasteiger partial charge in [0.2, 0.25) is 11.7 Å². The molecular formula is C27H33N3O5S. The third-order valence-electron chi connectivity index (χ3n) is 6.36. The molecule has 1 heterocycles. The van der Waals surface area contributed by atoms with Gasteiger partial charge in [0.1, 0.15) is 6.04 Å². The molecule has 0 aromatic heterocycles. The van der Waals surface area contributed by atoms with E-state index in [0.717, 1.165) is 23.6 Å². The zero-order chi connectivity index (χ0) is 26.5. The number of aryl methyl sites for hydroxylation is 1. The molecule has 3 rings (SSSR count). The van der Waals surface area contributed by atoms with Gasteiger partial charge in [0, 0.05) is 18.2 Å². The predicted molar refractivity (Wildman–Crippen MR) is 139 cm³/mol. The van der Waals surface area contributed by atoms with E-state index in [4.69, 9.17) is 0 Å². The number of aliphatic hydroxyl groups is 1. The van der Waals surface area contributed by atoms with Crippen molar-refractivity contribution in [2.45, 2.75) is 63.6 Å². The summed E-state index contributed by atoms with van der Waals surface area (Å²) in [6.07, 6.45) is -1.50. The molecule has 0 radical (unpaired) electrons. The van der Waals surface area contributed by atoms with Crippen LogP contribution in [0.5, 0.6) is 0 Å². The van der Waals surface area contributed by atoms with Crippen LogP contribution in [0.1, 0.15) is 37.5 Å². The van der Waals surface area contributed by atoms with Gasteiger partial charge in [-0.25, -0.2) is 0 Å². The quantitative estimate of drug-likeness (QED) is 0.444. The van der Waals surface area contributed by atoms with E-state index in [9.17, 15) is 24.3 Å². The molecule has 1 aliphatic heterocycles. The van der Waals surface area contributed by atoms with Crippen molar-refractivity contribution in [1.82, 2.24) is 15.5 Å².